The van der Waals surface area contributed by atoms with E-state index in [2.05, 4.69) is 19.2 Å². The zero-order valence-corrected chi connectivity index (χ0v) is 12.6. The molecule has 0 aromatic heterocycles. The van der Waals surface area contributed by atoms with Crippen molar-refractivity contribution in [2.75, 3.05) is 11.9 Å². The Labute approximate surface area is 120 Å². The summed E-state index contributed by atoms with van der Waals surface area (Å²) in [6.07, 6.45) is 1.44. The number of carbonyl (C=O) groups excluding carboxylic acids is 1. The van der Waals surface area contributed by atoms with Gasteiger partial charge in [0.15, 0.2) is 0 Å². The highest BCUT2D eigenvalue weighted by molar-refractivity contribution is 6.30. The standard InChI is InChI=1S/C15H23ClN2O/c1-10(2)6-12(9-17)8-15(19)18-14-5-4-13(16)7-11(14)3/h4-5,7,10,12H,6,8-9,17H2,1-3H3,(H,18,19)/t12-/m0/s1. The van der Waals surface area contributed by atoms with Crippen molar-refractivity contribution in [3.8, 4) is 0 Å². The van der Waals surface area contributed by atoms with Gasteiger partial charge >= 0.3 is 0 Å². The second kappa shape index (κ2) is 7.51. The predicted octanol–water partition coefficient (Wildman–Crippen LogP) is 3.60. The van der Waals surface area contributed by atoms with E-state index >= 15 is 0 Å². The summed E-state index contributed by atoms with van der Waals surface area (Å²) in [7, 11) is 0. The zero-order chi connectivity index (χ0) is 14.4. The number of aryl methyl sites for hydroxylation is 1. The minimum absolute atomic E-state index is 0.0153. The Balaban J connectivity index is 2.59. The summed E-state index contributed by atoms with van der Waals surface area (Å²) in [6, 6.07) is 5.44. The normalized spacial score (nSPS) is 12.5. The first kappa shape index (κ1) is 16.0. The van der Waals surface area contributed by atoms with E-state index in [1.165, 1.54) is 0 Å². The monoisotopic (exact) mass is 282 g/mol. The van der Waals surface area contributed by atoms with Gasteiger partial charge in [0.05, 0.1) is 0 Å². The molecule has 0 radical (unpaired) electrons. The van der Waals surface area contributed by atoms with E-state index in [0.717, 1.165) is 17.7 Å². The van der Waals surface area contributed by atoms with Crippen molar-refractivity contribution in [2.24, 2.45) is 17.6 Å². The maximum Gasteiger partial charge on any atom is 0.224 e. The summed E-state index contributed by atoms with van der Waals surface area (Å²) in [6.45, 7) is 6.76. The van der Waals surface area contributed by atoms with Crippen LogP contribution in [0.5, 0.6) is 0 Å². The molecule has 0 heterocycles. The molecule has 1 rings (SSSR count). The van der Waals surface area contributed by atoms with Crippen molar-refractivity contribution in [3.05, 3.63) is 28.8 Å². The molecule has 0 unspecified atom stereocenters. The lowest BCUT2D eigenvalue weighted by molar-refractivity contribution is -0.117. The lowest BCUT2D eigenvalue weighted by atomic mass is 9.94. The molecule has 0 aliphatic rings. The number of benzene rings is 1. The molecule has 106 valence electrons. The topological polar surface area (TPSA) is 55.1 Å². The highest BCUT2D eigenvalue weighted by atomic mass is 35.5. The summed E-state index contributed by atoms with van der Waals surface area (Å²) < 4.78 is 0. The second-order valence-electron chi connectivity index (χ2n) is 5.44. The zero-order valence-electron chi connectivity index (χ0n) is 11.9. The van der Waals surface area contributed by atoms with Gasteiger partial charge in [-0.2, -0.15) is 0 Å². The molecule has 0 spiro atoms. The third kappa shape index (κ3) is 5.62. The van der Waals surface area contributed by atoms with Crippen LogP contribution in [0.25, 0.3) is 0 Å². The van der Waals surface area contributed by atoms with E-state index in [-0.39, 0.29) is 11.8 Å². The molecule has 4 heteroatoms. The number of nitrogens with one attached hydrogen (secondary N) is 1. The quantitative estimate of drug-likeness (QED) is 0.838. The van der Waals surface area contributed by atoms with Gasteiger partial charge in [-0.05, 0) is 55.5 Å². The van der Waals surface area contributed by atoms with Crippen molar-refractivity contribution < 1.29 is 4.79 Å². The molecular weight excluding hydrogens is 260 g/mol. The van der Waals surface area contributed by atoms with E-state index in [9.17, 15) is 4.79 Å². The summed E-state index contributed by atoms with van der Waals surface area (Å²) in [5, 5.41) is 3.60. The predicted molar refractivity (Wildman–Crippen MR) is 81.4 cm³/mol. The molecular formula is C15H23ClN2O. The molecule has 0 aliphatic carbocycles. The molecule has 1 aromatic carbocycles. The number of halogens is 1. The molecule has 0 aliphatic heterocycles. The first-order chi connectivity index (χ1) is 8.92. The molecule has 0 bridgehead atoms. The Kier molecular flexibility index (Phi) is 6.32. The van der Waals surface area contributed by atoms with Crippen LogP contribution in [-0.4, -0.2) is 12.5 Å². The third-order valence-corrected chi connectivity index (χ3v) is 3.31. The minimum Gasteiger partial charge on any atom is -0.330 e. The van der Waals surface area contributed by atoms with Gasteiger partial charge in [-0.3, -0.25) is 4.79 Å². The average Bonchev–Trinajstić information content (AvgIpc) is 2.31. The second-order valence-corrected chi connectivity index (χ2v) is 5.88. The van der Waals surface area contributed by atoms with Crippen molar-refractivity contribution in [2.45, 2.75) is 33.6 Å². The van der Waals surface area contributed by atoms with Crippen molar-refractivity contribution >= 4 is 23.2 Å². The van der Waals surface area contributed by atoms with Gasteiger partial charge in [0.2, 0.25) is 5.91 Å². The summed E-state index contributed by atoms with van der Waals surface area (Å²) in [4.78, 5) is 12.0. The van der Waals surface area contributed by atoms with Gasteiger partial charge in [-0.1, -0.05) is 25.4 Å². The van der Waals surface area contributed by atoms with Crippen molar-refractivity contribution in [1.82, 2.24) is 0 Å². The molecule has 3 nitrogen and oxygen atoms in total. The van der Waals surface area contributed by atoms with Crippen LogP contribution in [0.3, 0.4) is 0 Å². The first-order valence-electron chi connectivity index (χ1n) is 6.68. The minimum atomic E-state index is 0.0153. The lowest BCUT2D eigenvalue weighted by Crippen LogP contribution is -2.23. The Bertz CT molecular complexity index is 432. The van der Waals surface area contributed by atoms with Crippen molar-refractivity contribution in [1.29, 1.82) is 0 Å². The summed E-state index contributed by atoms with van der Waals surface area (Å²) in [5.41, 5.74) is 7.50. The van der Waals surface area contributed by atoms with Crippen LogP contribution in [0.1, 0.15) is 32.3 Å². The van der Waals surface area contributed by atoms with Crippen LogP contribution < -0.4 is 11.1 Å². The summed E-state index contributed by atoms with van der Waals surface area (Å²) in [5.74, 6) is 0.813. The van der Waals surface area contributed by atoms with Crippen LogP contribution in [0.4, 0.5) is 5.69 Å². The fourth-order valence-corrected chi connectivity index (χ4v) is 2.39. The number of anilines is 1. The van der Waals surface area contributed by atoms with Crippen LogP contribution >= 0.6 is 11.6 Å². The average molecular weight is 283 g/mol. The highest BCUT2D eigenvalue weighted by Crippen LogP contribution is 2.21. The fourth-order valence-electron chi connectivity index (χ4n) is 2.16. The maximum absolute atomic E-state index is 12.0. The van der Waals surface area contributed by atoms with Crippen molar-refractivity contribution in [3.63, 3.8) is 0 Å². The van der Waals surface area contributed by atoms with Gasteiger partial charge in [-0.25, -0.2) is 0 Å². The number of rotatable bonds is 6. The molecule has 3 N–H and O–H groups in total. The molecule has 1 amide bonds. The maximum atomic E-state index is 12.0. The lowest BCUT2D eigenvalue weighted by Gasteiger charge is -2.17. The Hall–Kier alpha value is -1.06. The number of nitrogens with two attached hydrogens (primary N) is 1. The van der Waals surface area contributed by atoms with Crippen LogP contribution in [0, 0.1) is 18.8 Å². The molecule has 19 heavy (non-hydrogen) atoms. The van der Waals surface area contributed by atoms with E-state index in [1.54, 1.807) is 6.07 Å². The van der Waals surface area contributed by atoms with Gasteiger partial charge in [0.1, 0.15) is 0 Å². The van der Waals surface area contributed by atoms with Gasteiger partial charge in [0, 0.05) is 17.1 Å². The number of hydrogen-bond donors (Lipinski definition) is 2. The Morgan fingerprint density at radius 2 is 2.11 bits per heavy atom. The molecule has 0 saturated carbocycles. The van der Waals surface area contributed by atoms with Gasteiger partial charge in [-0.15, -0.1) is 0 Å². The summed E-state index contributed by atoms with van der Waals surface area (Å²) >= 11 is 5.89. The van der Waals surface area contributed by atoms with Gasteiger partial charge < -0.3 is 11.1 Å². The number of amides is 1. The van der Waals surface area contributed by atoms with E-state index in [4.69, 9.17) is 17.3 Å². The smallest absolute Gasteiger partial charge is 0.224 e. The Morgan fingerprint density at radius 3 is 2.63 bits per heavy atom. The SMILES string of the molecule is Cc1cc(Cl)ccc1NC(=O)C[C@@H](CN)CC(C)C. The van der Waals surface area contributed by atoms with E-state index in [1.807, 2.05) is 19.1 Å². The molecule has 1 aromatic rings. The largest absolute Gasteiger partial charge is 0.330 e. The first-order valence-corrected chi connectivity index (χ1v) is 7.06. The Morgan fingerprint density at radius 1 is 1.42 bits per heavy atom. The van der Waals surface area contributed by atoms with Crippen LogP contribution in [-0.2, 0) is 4.79 Å². The van der Waals surface area contributed by atoms with E-state index < -0.39 is 0 Å². The third-order valence-electron chi connectivity index (χ3n) is 3.07. The van der Waals surface area contributed by atoms with Crippen LogP contribution in [0.15, 0.2) is 18.2 Å². The molecule has 0 fully saturated rings. The highest BCUT2D eigenvalue weighted by Gasteiger charge is 2.14. The van der Waals surface area contributed by atoms with Crippen LogP contribution in [0.2, 0.25) is 5.02 Å². The van der Waals surface area contributed by atoms with Gasteiger partial charge in [0.25, 0.3) is 0 Å². The molecule has 1 atom stereocenters. The number of hydrogen-bond acceptors (Lipinski definition) is 2. The fraction of sp³-hybridized carbons (Fsp3) is 0.533. The molecule has 0 saturated heterocycles. The number of carbonyl (C=O) groups is 1. The van der Waals surface area contributed by atoms with E-state index in [0.29, 0.717) is 23.9 Å².